The molecule has 2 aromatic heterocycles. The molecule has 2 heterocycles. The minimum absolute atomic E-state index is 0.277. The van der Waals surface area contributed by atoms with Crippen molar-refractivity contribution in [2.45, 2.75) is 13.8 Å². The minimum Gasteiger partial charge on any atom is -0.462 e. The quantitative estimate of drug-likeness (QED) is 0.531. The van der Waals surface area contributed by atoms with E-state index < -0.39 is 5.97 Å². The Morgan fingerprint density at radius 3 is 2.76 bits per heavy atom. The number of halogens is 1. The number of carbonyl (C=O) groups is 1. The molecule has 0 amide bonds. The van der Waals surface area contributed by atoms with E-state index in [4.69, 9.17) is 16.3 Å². The number of ether oxygens (including phenoxy) is 1. The van der Waals surface area contributed by atoms with Crippen molar-refractivity contribution < 1.29 is 9.53 Å². The Morgan fingerprint density at radius 2 is 2.00 bits per heavy atom. The van der Waals surface area contributed by atoms with Gasteiger partial charge in [-0.2, -0.15) is 0 Å². The molecule has 0 bridgehead atoms. The van der Waals surface area contributed by atoms with Gasteiger partial charge in [-0.3, -0.25) is 9.97 Å². The molecule has 21 heavy (non-hydrogen) atoms. The maximum atomic E-state index is 11.9. The second-order valence-electron chi connectivity index (χ2n) is 4.69. The third kappa shape index (κ3) is 2.32. The number of pyridine rings is 2. The summed E-state index contributed by atoms with van der Waals surface area (Å²) in [5.41, 5.74) is 2.75. The van der Waals surface area contributed by atoms with Crippen molar-refractivity contribution >= 4 is 39.4 Å². The van der Waals surface area contributed by atoms with E-state index in [1.165, 1.54) is 6.20 Å². The highest BCUT2D eigenvalue weighted by Gasteiger charge is 2.17. The average molecular weight is 301 g/mol. The van der Waals surface area contributed by atoms with Crippen molar-refractivity contribution in [1.82, 2.24) is 9.97 Å². The normalized spacial score (nSPS) is 11.0. The van der Waals surface area contributed by atoms with Gasteiger partial charge in [0.25, 0.3) is 0 Å². The predicted octanol–water partition coefficient (Wildman–Crippen LogP) is 3.92. The lowest BCUT2D eigenvalue weighted by Gasteiger charge is -2.09. The van der Waals surface area contributed by atoms with Crippen molar-refractivity contribution in [3.8, 4) is 0 Å². The van der Waals surface area contributed by atoms with Gasteiger partial charge in [0.15, 0.2) is 0 Å². The largest absolute Gasteiger partial charge is 0.462 e. The van der Waals surface area contributed by atoms with E-state index in [-0.39, 0.29) is 5.56 Å². The summed E-state index contributed by atoms with van der Waals surface area (Å²) in [6, 6.07) is 7.61. The Bertz CT molecular complexity index is 862. The molecular formula is C16H13ClN2O2. The summed E-state index contributed by atoms with van der Waals surface area (Å²) in [7, 11) is 0. The first-order chi connectivity index (χ1) is 10.1. The van der Waals surface area contributed by atoms with Crippen molar-refractivity contribution in [3.63, 3.8) is 0 Å². The monoisotopic (exact) mass is 300 g/mol. The summed E-state index contributed by atoms with van der Waals surface area (Å²) in [6.07, 6.45) is 1.45. The van der Waals surface area contributed by atoms with Gasteiger partial charge in [-0.15, -0.1) is 0 Å². The maximum absolute atomic E-state index is 11.9. The van der Waals surface area contributed by atoms with Crippen LogP contribution in [0.4, 0.5) is 0 Å². The van der Waals surface area contributed by atoms with Gasteiger partial charge in [0.2, 0.25) is 0 Å². The molecule has 0 aliphatic carbocycles. The molecule has 0 N–H and O–H groups in total. The summed E-state index contributed by atoms with van der Waals surface area (Å²) in [4.78, 5) is 20.7. The van der Waals surface area contributed by atoms with E-state index >= 15 is 0 Å². The van der Waals surface area contributed by atoms with Gasteiger partial charge < -0.3 is 4.74 Å². The van der Waals surface area contributed by atoms with Gasteiger partial charge in [0.05, 0.1) is 28.2 Å². The van der Waals surface area contributed by atoms with E-state index in [2.05, 4.69) is 9.97 Å². The molecule has 106 valence electrons. The second-order valence-corrected chi connectivity index (χ2v) is 5.06. The van der Waals surface area contributed by atoms with Gasteiger partial charge in [0, 0.05) is 22.7 Å². The van der Waals surface area contributed by atoms with Crippen LogP contribution in [-0.2, 0) is 4.74 Å². The summed E-state index contributed by atoms with van der Waals surface area (Å²) in [5, 5.41) is 1.96. The Labute approximate surface area is 126 Å². The lowest BCUT2D eigenvalue weighted by atomic mass is 10.1. The fraction of sp³-hybridized carbons (Fsp3) is 0.188. The number of benzene rings is 1. The summed E-state index contributed by atoms with van der Waals surface area (Å²) in [6.45, 7) is 3.98. The fourth-order valence-electron chi connectivity index (χ4n) is 2.31. The molecule has 3 rings (SSSR count). The summed E-state index contributed by atoms with van der Waals surface area (Å²) < 4.78 is 5.01. The highest BCUT2D eigenvalue weighted by atomic mass is 35.5. The van der Waals surface area contributed by atoms with Crippen molar-refractivity contribution in [1.29, 1.82) is 0 Å². The number of fused-ring (bicyclic) bond motifs is 3. The summed E-state index contributed by atoms with van der Waals surface area (Å²) >= 11 is 6.42. The number of aryl methyl sites for hydroxylation is 1. The lowest BCUT2D eigenvalue weighted by molar-refractivity contribution is 0.0526. The second kappa shape index (κ2) is 5.30. The highest BCUT2D eigenvalue weighted by molar-refractivity contribution is 6.40. The Balaban J connectivity index is 2.35. The van der Waals surface area contributed by atoms with Crippen LogP contribution in [0.2, 0.25) is 5.02 Å². The molecule has 4 nitrogen and oxygen atoms in total. The lowest BCUT2D eigenvalue weighted by Crippen LogP contribution is -2.06. The Hall–Kier alpha value is -2.20. The molecule has 0 aliphatic rings. The van der Waals surface area contributed by atoms with Crippen LogP contribution >= 0.6 is 11.6 Å². The molecule has 0 radical (unpaired) electrons. The smallest absolute Gasteiger partial charge is 0.341 e. The fourth-order valence-corrected chi connectivity index (χ4v) is 2.63. The van der Waals surface area contributed by atoms with E-state index in [1.807, 2.05) is 31.2 Å². The number of rotatable bonds is 2. The molecule has 0 aliphatic heterocycles. The van der Waals surface area contributed by atoms with Crippen LogP contribution in [-0.4, -0.2) is 22.5 Å². The average Bonchev–Trinajstić information content (AvgIpc) is 2.47. The minimum atomic E-state index is -0.464. The number of carbonyl (C=O) groups excluding carboxylic acids is 1. The van der Waals surface area contributed by atoms with Crippen LogP contribution in [0, 0.1) is 6.92 Å². The first kappa shape index (κ1) is 13.8. The van der Waals surface area contributed by atoms with E-state index in [1.54, 1.807) is 6.92 Å². The third-order valence-corrected chi connectivity index (χ3v) is 3.67. The molecule has 5 heteroatoms. The molecular weight excluding hydrogens is 288 g/mol. The van der Waals surface area contributed by atoms with Crippen molar-refractivity contribution in [3.05, 3.63) is 46.7 Å². The number of aromatic nitrogens is 2. The molecule has 0 saturated heterocycles. The van der Waals surface area contributed by atoms with Crippen LogP contribution in [0.25, 0.3) is 21.8 Å². The molecule has 0 saturated carbocycles. The summed E-state index contributed by atoms with van der Waals surface area (Å²) in [5.74, 6) is -0.464. The zero-order chi connectivity index (χ0) is 15.0. The Kier molecular flexibility index (Phi) is 3.47. The van der Waals surface area contributed by atoms with Crippen LogP contribution in [0.1, 0.15) is 23.0 Å². The molecule has 1 aromatic carbocycles. The molecule has 0 atom stereocenters. The van der Waals surface area contributed by atoms with Crippen LogP contribution in [0.3, 0.4) is 0 Å². The van der Waals surface area contributed by atoms with Crippen LogP contribution in [0.15, 0.2) is 30.5 Å². The number of esters is 1. The van der Waals surface area contributed by atoms with Crippen molar-refractivity contribution in [2.75, 3.05) is 6.61 Å². The van der Waals surface area contributed by atoms with E-state index in [0.717, 1.165) is 27.5 Å². The molecule has 0 spiro atoms. The van der Waals surface area contributed by atoms with Gasteiger partial charge in [-0.05, 0) is 32.0 Å². The molecule has 3 aromatic rings. The number of nitrogens with zero attached hydrogens (tertiary/aromatic N) is 2. The zero-order valence-corrected chi connectivity index (χ0v) is 12.4. The highest BCUT2D eigenvalue weighted by Crippen LogP contribution is 2.32. The first-order valence-corrected chi connectivity index (χ1v) is 7.01. The van der Waals surface area contributed by atoms with Gasteiger partial charge in [0.1, 0.15) is 0 Å². The number of hydrogen-bond donors (Lipinski definition) is 0. The Morgan fingerprint density at radius 1 is 1.24 bits per heavy atom. The van der Waals surface area contributed by atoms with Crippen LogP contribution in [0.5, 0.6) is 0 Å². The maximum Gasteiger partial charge on any atom is 0.341 e. The molecule has 0 unspecified atom stereocenters. The van der Waals surface area contributed by atoms with Gasteiger partial charge in [-0.1, -0.05) is 17.7 Å². The van der Waals surface area contributed by atoms with Crippen LogP contribution < -0.4 is 0 Å². The van der Waals surface area contributed by atoms with E-state index in [0.29, 0.717) is 11.6 Å². The van der Waals surface area contributed by atoms with Gasteiger partial charge in [-0.25, -0.2) is 4.79 Å². The number of hydrogen-bond acceptors (Lipinski definition) is 4. The van der Waals surface area contributed by atoms with E-state index in [9.17, 15) is 4.79 Å². The molecule has 0 fully saturated rings. The van der Waals surface area contributed by atoms with Gasteiger partial charge >= 0.3 is 5.97 Å². The SMILES string of the molecule is CCOC(=O)c1cnc2ccc3nc(C)ccc3c2c1Cl. The standard InChI is InChI=1S/C16H13ClN2O2/c1-3-21-16(20)11-8-18-13-7-6-12-10(14(13)15(11)17)5-4-9(2)19-12/h4-8H,3H2,1-2H3. The third-order valence-electron chi connectivity index (χ3n) is 3.27. The first-order valence-electron chi connectivity index (χ1n) is 6.63. The predicted molar refractivity (Wildman–Crippen MR) is 82.7 cm³/mol. The van der Waals surface area contributed by atoms with Crippen molar-refractivity contribution in [2.24, 2.45) is 0 Å². The topological polar surface area (TPSA) is 52.1 Å². The zero-order valence-electron chi connectivity index (χ0n) is 11.7.